The Morgan fingerprint density at radius 3 is 2.39 bits per heavy atom. The lowest BCUT2D eigenvalue weighted by Crippen LogP contribution is -2.41. The summed E-state index contributed by atoms with van der Waals surface area (Å²) in [6.07, 6.45) is -1.09. The third-order valence-electron chi connectivity index (χ3n) is 5.88. The lowest BCUT2D eigenvalue weighted by molar-refractivity contribution is -0.140. The van der Waals surface area contributed by atoms with Crippen molar-refractivity contribution in [2.75, 3.05) is 16.3 Å². The number of sulfonamides is 1. The van der Waals surface area contributed by atoms with Crippen LogP contribution in [0, 0.1) is 5.82 Å². The van der Waals surface area contributed by atoms with E-state index in [1.54, 1.807) is 0 Å². The standard InChI is InChI=1S/C24H24F4N4O3S/c1-36(34,35)32-16-8-5-14(6-9-16)23(33)30-18-4-2-3-17(12-18)29-21-13-22(24(26,27)28)31-20-10-7-15(25)11-19(20)21/h5-11,13,17-18,32H,2-4,12H2,1H3,(H,29,31)(H,30,33)/t17-,18+/m0/s1. The molecule has 4 rings (SSSR count). The minimum Gasteiger partial charge on any atom is -0.382 e. The van der Waals surface area contributed by atoms with Crippen molar-refractivity contribution in [3.63, 3.8) is 0 Å². The van der Waals surface area contributed by atoms with E-state index in [-0.39, 0.29) is 34.6 Å². The zero-order valence-corrected chi connectivity index (χ0v) is 20.0. The molecule has 192 valence electrons. The maximum atomic E-state index is 13.8. The van der Waals surface area contributed by atoms with E-state index < -0.39 is 27.7 Å². The Labute approximate surface area is 205 Å². The zero-order valence-electron chi connectivity index (χ0n) is 19.2. The Morgan fingerprint density at radius 2 is 1.72 bits per heavy atom. The molecule has 3 N–H and O–H groups in total. The Balaban J connectivity index is 1.47. The Kier molecular flexibility index (Phi) is 7.07. The normalized spacial score (nSPS) is 18.6. The molecule has 2 aromatic carbocycles. The van der Waals surface area contributed by atoms with Gasteiger partial charge in [0.15, 0.2) is 0 Å². The minimum atomic E-state index is -4.66. The van der Waals surface area contributed by atoms with Crippen molar-refractivity contribution in [2.24, 2.45) is 0 Å². The van der Waals surface area contributed by atoms with E-state index in [0.717, 1.165) is 30.9 Å². The monoisotopic (exact) mass is 524 g/mol. The predicted octanol–water partition coefficient (Wildman–Crippen LogP) is 4.92. The SMILES string of the molecule is CS(=O)(=O)Nc1ccc(C(=O)N[C@@H]2CCC[C@H](Nc3cc(C(F)(F)F)nc4ccc(F)cc34)C2)cc1. The summed E-state index contributed by atoms with van der Waals surface area (Å²) in [5, 5.41) is 6.29. The molecule has 0 saturated heterocycles. The van der Waals surface area contributed by atoms with Gasteiger partial charge in [-0.25, -0.2) is 17.8 Å². The second-order valence-electron chi connectivity index (χ2n) is 8.84. The number of nitrogens with one attached hydrogen (secondary N) is 3. The number of aromatic nitrogens is 1. The number of pyridine rings is 1. The number of hydrogen-bond donors (Lipinski definition) is 3. The molecule has 0 aliphatic heterocycles. The molecule has 1 heterocycles. The van der Waals surface area contributed by atoms with E-state index in [2.05, 4.69) is 20.3 Å². The Hall–Kier alpha value is -3.41. The van der Waals surface area contributed by atoms with Gasteiger partial charge in [0.25, 0.3) is 5.91 Å². The first-order valence-electron chi connectivity index (χ1n) is 11.2. The first-order valence-corrected chi connectivity index (χ1v) is 13.1. The molecule has 0 spiro atoms. The van der Waals surface area contributed by atoms with Crippen molar-refractivity contribution in [3.8, 4) is 0 Å². The van der Waals surface area contributed by atoms with Gasteiger partial charge >= 0.3 is 6.18 Å². The third kappa shape index (κ3) is 6.42. The third-order valence-corrected chi connectivity index (χ3v) is 6.49. The number of halogens is 4. The maximum Gasteiger partial charge on any atom is 0.433 e. The van der Waals surface area contributed by atoms with E-state index in [4.69, 9.17) is 0 Å². The van der Waals surface area contributed by atoms with Crippen LogP contribution < -0.4 is 15.4 Å². The molecule has 0 radical (unpaired) electrons. The fourth-order valence-electron chi connectivity index (χ4n) is 4.31. The van der Waals surface area contributed by atoms with Crippen LogP contribution in [0.3, 0.4) is 0 Å². The number of benzene rings is 2. The van der Waals surface area contributed by atoms with Crippen molar-refractivity contribution in [1.29, 1.82) is 0 Å². The second kappa shape index (κ2) is 9.92. The van der Waals surface area contributed by atoms with Crippen LogP contribution in [-0.4, -0.2) is 37.6 Å². The van der Waals surface area contributed by atoms with Gasteiger partial charge in [-0.2, -0.15) is 13.2 Å². The smallest absolute Gasteiger partial charge is 0.382 e. The van der Waals surface area contributed by atoms with Gasteiger partial charge in [0, 0.05) is 34.4 Å². The number of carbonyl (C=O) groups is 1. The fraction of sp³-hybridized carbons (Fsp3) is 0.333. The molecule has 0 unspecified atom stereocenters. The van der Waals surface area contributed by atoms with Crippen LogP contribution in [0.2, 0.25) is 0 Å². The van der Waals surface area contributed by atoms with Crippen LogP contribution in [0.25, 0.3) is 10.9 Å². The second-order valence-corrected chi connectivity index (χ2v) is 10.6. The van der Waals surface area contributed by atoms with Crippen molar-refractivity contribution in [2.45, 2.75) is 43.9 Å². The quantitative estimate of drug-likeness (QED) is 0.398. The first kappa shape index (κ1) is 25.7. The van der Waals surface area contributed by atoms with E-state index in [1.165, 1.54) is 30.3 Å². The average Bonchev–Trinajstić information content (AvgIpc) is 2.78. The van der Waals surface area contributed by atoms with Crippen LogP contribution in [0.4, 0.5) is 28.9 Å². The number of carbonyl (C=O) groups excluding carboxylic acids is 1. The van der Waals surface area contributed by atoms with Crippen molar-refractivity contribution < 1.29 is 30.8 Å². The van der Waals surface area contributed by atoms with E-state index in [9.17, 15) is 30.8 Å². The number of anilines is 2. The van der Waals surface area contributed by atoms with E-state index >= 15 is 0 Å². The zero-order chi connectivity index (χ0) is 26.1. The summed E-state index contributed by atoms with van der Waals surface area (Å²) in [6, 6.07) is 9.78. The number of hydrogen-bond acceptors (Lipinski definition) is 5. The number of amides is 1. The van der Waals surface area contributed by atoms with E-state index in [1.807, 2.05) is 0 Å². The summed E-state index contributed by atoms with van der Waals surface area (Å²) in [6.45, 7) is 0. The molecule has 1 amide bonds. The number of rotatable bonds is 6. The molecule has 1 aliphatic carbocycles. The van der Waals surface area contributed by atoms with Gasteiger partial charge in [-0.05, 0) is 74.2 Å². The van der Waals surface area contributed by atoms with Crippen LogP contribution in [0.5, 0.6) is 0 Å². The highest BCUT2D eigenvalue weighted by Gasteiger charge is 2.34. The summed E-state index contributed by atoms with van der Waals surface area (Å²) < 4.78 is 79.0. The summed E-state index contributed by atoms with van der Waals surface area (Å²) in [4.78, 5) is 16.3. The molecular weight excluding hydrogens is 500 g/mol. The summed E-state index contributed by atoms with van der Waals surface area (Å²) in [5.41, 5.74) is -0.232. The lowest BCUT2D eigenvalue weighted by Gasteiger charge is -2.31. The molecule has 12 heteroatoms. The molecule has 3 aromatic rings. The molecule has 2 atom stereocenters. The van der Waals surface area contributed by atoms with Crippen molar-refractivity contribution >= 4 is 38.2 Å². The largest absolute Gasteiger partial charge is 0.433 e. The van der Waals surface area contributed by atoms with Crippen LogP contribution >= 0.6 is 0 Å². The van der Waals surface area contributed by atoms with Gasteiger partial charge in [-0.3, -0.25) is 9.52 Å². The van der Waals surface area contributed by atoms with Gasteiger partial charge in [-0.1, -0.05) is 0 Å². The van der Waals surface area contributed by atoms with Crippen molar-refractivity contribution in [3.05, 3.63) is 65.6 Å². The molecule has 1 fully saturated rings. The molecule has 1 aliphatic rings. The van der Waals surface area contributed by atoms with Crippen LogP contribution in [0.15, 0.2) is 48.5 Å². The van der Waals surface area contributed by atoms with Crippen LogP contribution in [0.1, 0.15) is 41.7 Å². The molecule has 1 aromatic heterocycles. The number of alkyl halides is 3. The maximum absolute atomic E-state index is 13.8. The number of nitrogens with zero attached hydrogens (tertiary/aromatic N) is 1. The molecule has 1 saturated carbocycles. The summed E-state index contributed by atoms with van der Waals surface area (Å²) in [7, 11) is -3.44. The van der Waals surface area contributed by atoms with Gasteiger partial charge in [-0.15, -0.1) is 0 Å². The highest BCUT2D eigenvalue weighted by atomic mass is 32.2. The Morgan fingerprint density at radius 1 is 1.03 bits per heavy atom. The predicted molar refractivity (Wildman–Crippen MR) is 129 cm³/mol. The van der Waals surface area contributed by atoms with E-state index in [0.29, 0.717) is 30.5 Å². The molecule has 0 bridgehead atoms. The highest BCUT2D eigenvalue weighted by molar-refractivity contribution is 7.92. The highest BCUT2D eigenvalue weighted by Crippen LogP contribution is 2.34. The molecule has 36 heavy (non-hydrogen) atoms. The minimum absolute atomic E-state index is 0.0307. The Bertz CT molecular complexity index is 1380. The van der Waals surface area contributed by atoms with Gasteiger partial charge in [0.2, 0.25) is 10.0 Å². The summed E-state index contributed by atoms with van der Waals surface area (Å²) in [5.74, 6) is -0.930. The summed E-state index contributed by atoms with van der Waals surface area (Å²) >= 11 is 0. The average molecular weight is 525 g/mol. The van der Waals surface area contributed by atoms with Gasteiger partial charge < -0.3 is 10.6 Å². The lowest BCUT2D eigenvalue weighted by atomic mass is 9.90. The topological polar surface area (TPSA) is 100 Å². The van der Waals surface area contributed by atoms with Crippen molar-refractivity contribution in [1.82, 2.24) is 10.3 Å². The fourth-order valence-corrected chi connectivity index (χ4v) is 4.87. The van der Waals surface area contributed by atoms with Gasteiger partial charge in [0.05, 0.1) is 11.8 Å². The first-order chi connectivity index (χ1) is 16.9. The molecule has 7 nitrogen and oxygen atoms in total. The number of fused-ring (bicyclic) bond motifs is 1. The van der Waals surface area contributed by atoms with Crippen LogP contribution in [-0.2, 0) is 16.2 Å². The van der Waals surface area contributed by atoms with Gasteiger partial charge in [0.1, 0.15) is 11.5 Å². The molecular formula is C24H24F4N4O3S.